The number of methoxy groups -OCH3 is 1. The Morgan fingerprint density at radius 1 is 1.75 bits per heavy atom. The highest BCUT2D eigenvalue weighted by Gasteiger charge is 2.23. The summed E-state index contributed by atoms with van der Waals surface area (Å²) in [6.07, 6.45) is 1.01. The van der Waals surface area contributed by atoms with Crippen molar-refractivity contribution in [1.82, 2.24) is 10.6 Å². The molecule has 1 aliphatic heterocycles. The van der Waals surface area contributed by atoms with Gasteiger partial charge in [-0.1, -0.05) is 0 Å². The molecule has 0 radical (unpaired) electrons. The second-order valence-corrected chi connectivity index (χ2v) is 2.62. The highest BCUT2D eigenvalue weighted by Crippen LogP contribution is 2.02. The molecule has 1 aliphatic rings. The van der Waals surface area contributed by atoms with Crippen LogP contribution in [-0.4, -0.2) is 31.7 Å². The molecule has 12 heavy (non-hydrogen) atoms. The maximum atomic E-state index is 11.1. The maximum absolute atomic E-state index is 11.1. The molecule has 1 rings (SSSR count). The van der Waals surface area contributed by atoms with Gasteiger partial charge in [0.25, 0.3) is 0 Å². The SMILES string of the molecule is COC(=O)N[C@@H]1CCCNC1=O. The molecule has 1 heterocycles. The molecule has 0 unspecified atom stereocenters. The van der Waals surface area contributed by atoms with Crippen molar-refractivity contribution in [2.24, 2.45) is 0 Å². The van der Waals surface area contributed by atoms with Crippen molar-refractivity contribution in [3.63, 3.8) is 0 Å². The molecule has 0 saturated carbocycles. The second kappa shape index (κ2) is 3.94. The lowest BCUT2D eigenvalue weighted by Crippen LogP contribution is -2.50. The second-order valence-electron chi connectivity index (χ2n) is 2.62. The van der Waals surface area contributed by atoms with Gasteiger partial charge in [0.15, 0.2) is 0 Å². The third-order valence-corrected chi connectivity index (χ3v) is 1.76. The van der Waals surface area contributed by atoms with Gasteiger partial charge in [0.1, 0.15) is 6.04 Å². The molecule has 0 aliphatic carbocycles. The number of alkyl carbamates (subject to hydrolysis) is 1. The van der Waals surface area contributed by atoms with Crippen molar-refractivity contribution in [2.75, 3.05) is 13.7 Å². The Morgan fingerprint density at radius 3 is 3.08 bits per heavy atom. The molecule has 1 fully saturated rings. The van der Waals surface area contributed by atoms with Crippen LogP contribution < -0.4 is 10.6 Å². The van der Waals surface area contributed by atoms with Gasteiger partial charge in [0.05, 0.1) is 7.11 Å². The largest absolute Gasteiger partial charge is 0.453 e. The van der Waals surface area contributed by atoms with E-state index in [2.05, 4.69) is 15.4 Å². The van der Waals surface area contributed by atoms with Crippen molar-refractivity contribution in [1.29, 1.82) is 0 Å². The Labute approximate surface area is 70.5 Å². The Hall–Kier alpha value is -1.26. The lowest BCUT2D eigenvalue weighted by atomic mass is 10.1. The zero-order valence-electron chi connectivity index (χ0n) is 6.92. The van der Waals surface area contributed by atoms with Gasteiger partial charge in [-0.25, -0.2) is 4.79 Å². The molecule has 0 aromatic rings. The first-order chi connectivity index (χ1) is 5.74. The lowest BCUT2D eigenvalue weighted by Gasteiger charge is -2.21. The van der Waals surface area contributed by atoms with Gasteiger partial charge in [0.2, 0.25) is 5.91 Å². The Bertz CT molecular complexity index is 193. The summed E-state index contributed by atoms with van der Waals surface area (Å²) in [5, 5.41) is 5.10. The molecule has 0 aromatic carbocycles. The molecular weight excluding hydrogens is 160 g/mol. The van der Waals surface area contributed by atoms with Crippen LogP contribution in [0.3, 0.4) is 0 Å². The van der Waals surface area contributed by atoms with E-state index in [0.29, 0.717) is 13.0 Å². The molecular formula is C7H12N2O3. The average molecular weight is 172 g/mol. The van der Waals surface area contributed by atoms with Crippen LogP contribution in [0.1, 0.15) is 12.8 Å². The number of hydrogen-bond acceptors (Lipinski definition) is 3. The van der Waals surface area contributed by atoms with Crippen LogP contribution in [0.4, 0.5) is 4.79 Å². The van der Waals surface area contributed by atoms with Crippen LogP contribution in [0.2, 0.25) is 0 Å². The number of amides is 2. The van der Waals surface area contributed by atoms with Crippen molar-refractivity contribution in [2.45, 2.75) is 18.9 Å². The van der Waals surface area contributed by atoms with E-state index in [4.69, 9.17) is 0 Å². The van der Waals surface area contributed by atoms with Crippen LogP contribution in [0.25, 0.3) is 0 Å². The number of hydrogen-bond donors (Lipinski definition) is 2. The summed E-state index contributed by atoms with van der Waals surface area (Å²) in [4.78, 5) is 21.8. The zero-order chi connectivity index (χ0) is 8.97. The zero-order valence-corrected chi connectivity index (χ0v) is 6.92. The normalized spacial score (nSPS) is 22.8. The van der Waals surface area contributed by atoms with E-state index in [1.165, 1.54) is 7.11 Å². The summed E-state index contributed by atoms with van der Waals surface area (Å²) in [6, 6.07) is -0.425. The molecule has 2 amide bonds. The fourth-order valence-electron chi connectivity index (χ4n) is 1.11. The van der Waals surface area contributed by atoms with E-state index >= 15 is 0 Å². The quantitative estimate of drug-likeness (QED) is 0.566. The van der Waals surface area contributed by atoms with Crippen molar-refractivity contribution in [3.05, 3.63) is 0 Å². The number of piperidine rings is 1. The van der Waals surface area contributed by atoms with Crippen LogP contribution in [0.5, 0.6) is 0 Å². The molecule has 0 aromatic heterocycles. The van der Waals surface area contributed by atoms with Gasteiger partial charge in [0, 0.05) is 6.54 Å². The minimum atomic E-state index is -0.558. The smallest absolute Gasteiger partial charge is 0.407 e. The molecule has 0 spiro atoms. The van der Waals surface area contributed by atoms with E-state index in [-0.39, 0.29) is 5.91 Å². The van der Waals surface area contributed by atoms with E-state index in [9.17, 15) is 9.59 Å². The predicted octanol–water partition coefficient (Wildman–Crippen LogP) is -0.379. The monoisotopic (exact) mass is 172 g/mol. The Morgan fingerprint density at radius 2 is 2.50 bits per heavy atom. The van der Waals surface area contributed by atoms with Crippen LogP contribution >= 0.6 is 0 Å². The van der Waals surface area contributed by atoms with Crippen molar-refractivity contribution < 1.29 is 14.3 Å². The van der Waals surface area contributed by atoms with Crippen molar-refractivity contribution in [3.8, 4) is 0 Å². The number of ether oxygens (including phenoxy) is 1. The Kier molecular flexibility index (Phi) is 2.90. The predicted molar refractivity (Wildman–Crippen MR) is 41.6 cm³/mol. The van der Waals surface area contributed by atoms with Crippen LogP contribution in [0.15, 0.2) is 0 Å². The number of rotatable bonds is 1. The number of carbonyl (C=O) groups excluding carboxylic acids is 2. The fraction of sp³-hybridized carbons (Fsp3) is 0.714. The first-order valence-electron chi connectivity index (χ1n) is 3.86. The number of nitrogens with one attached hydrogen (secondary N) is 2. The molecule has 5 heteroatoms. The first kappa shape index (κ1) is 8.83. The molecule has 2 N–H and O–H groups in total. The molecule has 1 atom stereocenters. The summed E-state index contributed by atoms with van der Waals surface area (Å²) in [5.74, 6) is -0.133. The topological polar surface area (TPSA) is 67.4 Å². The molecule has 0 bridgehead atoms. The van der Waals surface area contributed by atoms with Gasteiger partial charge < -0.3 is 15.4 Å². The summed E-state index contributed by atoms with van der Waals surface area (Å²) in [5.41, 5.74) is 0. The number of carbonyl (C=O) groups is 2. The van der Waals surface area contributed by atoms with Gasteiger partial charge in [-0.3, -0.25) is 4.79 Å². The fourth-order valence-corrected chi connectivity index (χ4v) is 1.11. The highest BCUT2D eigenvalue weighted by atomic mass is 16.5. The summed E-state index contributed by atoms with van der Waals surface area (Å²) >= 11 is 0. The maximum Gasteiger partial charge on any atom is 0.407 e. The first-order valence-corrected chi connectivity index (χ1v) is 3.86. The van der Waals surface area contributed by atoms with Gasteiger partial charge in [-0.05, 0) is 12.8 Å². The van der Waals surface area contributed by atoms with Crippen LogP contribution in [0, 0.1) is 0 Å². The Balaban J connectivity index is 2.39. The third-order valence-electron chi connectivity index (χ3n) is 1.76. The summed E-state index contributed by atoms with van der Waals surface area (Å²) < 4.78 is 4.37. The van der Waals surface area contributed by atoms with Gasteiger partial charge >= 0.3 is 6.09 Å². The highest BCUT2D eigenvalue weighted by molar-refractivity contribution is 5.86. The molecule has 5 nitrogen and oxygen atoms in total. The van der Waals surface area contributed by atoms with Gasteiger partial charge in [-0.15, -0.1) is 0 Å². The average Bonchev–Trinajstić information content (AvgIpc) is 2.09. The van der Waals surface area contributed by atoms with E-state index in [1.54, 1.807) is 0 Å². The van der Waals surface area contributed by atoms with E-state index < -0.39 is 12.1 Å². The molecule has 1 saturated heterocycles. The van der Waals surface area contributed by atoms with Crippen LogP contribution in [-0.2, 0) is 9.53 Å². The third kappa shape index (κ3) is 2.11. The van der Waals surface area contributed by atoms with E-state index in [1.807, 2.05) is 0 Å². The standard InChI is InChI=1S/C7H12N2O3/c1-12-7(11)9-5-3-2-4-8-6(5)10/h5H,2-4H2,1H3,(H,8,10)(H,9,11)/t5-/m1/s1. The lowest BCUT2D eigenvalue weighted by molar-refractivity contribution is -0.124. The van der Waals surface area contributed by atoms with Crippen molar-refractivity contribution >= 4 is 12.0 Å². The van der Waals surface area contributed by atoms with Gasteiger partial charge in [-0.2, -0.15) is 0 Å². The minimum absolute atomic E-state index is 0.133. The molecule has 68 valence electrons. The van der Waals surface area contributed by atoms with E-state index in [0.717, 1.165) is 6.42 Å². The summed E-state index contributed by atoms with van der Waals surface area (Å²) in [6.45, 7) is 0.693. The minimum Gasteiger partial charge on any atom is -0.453 e. The summed E-state index contributed by atoms with van der Waals surface area (Å²) in [7, 11) is 1.27.